The number of anilines is 1. The molecule has 1 heterocycles. The first-order valence-corrected chi connectivity index (χ1v) is 8.51. The molecule has 0 aliphatic carbocycles. The van der Waals surface area contributed by atoms with Crippen molar-refractivity contribution in [3.63, 3.8) is 0 Å². The molecule has 3 rings (SSSR count). The summed E-state index contributed by atoms with van der Waals surface area (Å²) < 4.78 is 10.6. The van der Waals surface area contributed by atoms with Gasteiger partial charge in [0.1, 0.15) is 11.5 Å². The van der Waals surface area contributed by atoms with Gasteiger partial charge in [-0.25, -0.2) is 4.79 Å². The summed E-state index contributed by atoms with van der Waals surface area (Å²) in [6, 6.07) is 20.9. The average molecular weight is 350 g/mol. The fourth-order valence-electron chi connectivity index (χ4n) is 2.66. The maximum Gasteiger partial charge on any atom is 0.322 e. The highest BCUT2D eigenvalue weighted by atomic mass is 16.5. The highest BCUT2D eigenvalue weighted by Crippen LogP contribution is 2.18. The molecule has 0 aliphatic heterocycles. The van der Waals surface area contributed by atoms with E-state index in [1.165, 1.54) is 5.56 Å². The van der Waals surface area contributed by atoms with E-state index >= 15 is 0 Å². The molecule has 1 aromatic heterocycles. The van der Waals surface area contributed by atoms with Crippen LogP contribution >= 0.6 is 0 Å². The number of hydrogen-bond donors (Lipinski definition) is 1. The molecule has 0 aliphatic rings. The first-order chi connectivity index (χ1) is 12.7. The Bertz CT molecular complexity index is 816. The molecule has 5 nitrogen and oxygen atoms in total. The minimum absolute atomic E-state index is 0.175. The van der Waals surface area contributed by atoms with Gasteiger partial charge in [0.05, 0.1) is 19.9 Å². The van der Waals surface area contributed by atoms with E-state index < -0.39 is 0 Å². The van der Waals surface area contributed by atoms with Gasteiger partial charge in [-0.05, 0) is 36.2 Å². The normalized spacial score (nSPS) is 10.3. The first kappa shape index (κ1) is 17.6. The van der Waals surface area contributed by atoms with Gasteiger partial charge in [-0.2, -0.15) is 0 Å². The third-order valence-corrected chi connectivity index (χ3v) is 4.05. The number of carbonyl (C=O) groups is 1. The number of nitrogens with zero attached hydrogens (tertiary/aromatic N) is 1. The van der Waals surface area contributed by atoms with E-state index in [0.717, 1.165) is 12.2 Å². The van der Waals surface area contributed by atoms with Crippen molar-refractivity contribution in [1.29, 1.82) is 0 Å². The van der Waals surface area contributed by atoms with Crippen molar-refractivity contribution < 1.29 is 13.9 Å². The van der Waals surface area contributed by atoms with Gasteiger partial charge in [0, 0.05) is 18.3 Å². The summed E-state index contributed by atoms with van der Waals surface area (Å²) in [5.74, 6) is 1.45. The number of rotatable bonds is 7. The Morgan fingerprint density at radius 2 is 1.92 bits per heavy atom. The van der Waals surface area contributed by atoms with E-state index in [-0.39, 0.29) is 6.03 Å². The lowest BCUT2D eigenvalue weighted by molar-refractivity contribution is 0.205. The van der Waals surface area contributed by atoms with Crippen molar-refractivity contribution in [1.82, 2.24) is 4.90 Å². The SMILES string of the molecule is COc1cccc(NC(=O)N(CCc2ccccc2)Cc2ccco2)c1. The molecule has 134 valence electrons. The van der Waals surface area contributed by atoms with E-state index in [1.54, 1.807) is 24.3 Å². The Kier molecular flexibility index (Phi) is 5.93. The van der Waals surface area contributed by atoms with Crippen molar-refractivity contribution in [3.05, 3.63) is 84.3 Å². The fraction of sp³-hybridized carbons (Fsp3) is 0.190. The second kappa shape index (κ2) is 8.76. The summed E-state index contributed by atoms with van der Waals surface area (Å²) in [7, 11) is 1.60. The number of urea groups is 1. The summed E-state index contributed by atoms with van der Waals surface area (Å²) in [4.78, 5) is 14.5. The van der Waals surface area contributed by atoms with Crippen LogP contribution in [0.15, 0.2) is 77.4 Å². The molecule has 5 heteroatoms. The summed E-state index contributed by atoms with van der Waals surface area (Å²) in [6.45, 7) is 0.996. The Morgan fingerprint density at radius 3 is 2.65 bits per heavy atom. The van der Waals surface area contributed by atoms with E-state index in [9.17, 15) is 4.79 Å². The highest BCUT2D eigenvalue weighted by molar-refractivity contribution is 5.89. The van der Waals surface area contributed by atoms with Crippen LogP contribution in [0.5, 0.6) is 5.75 Å². The van der Waals surface area contributed by atoms with Crippen molar-refractivity contribution in [3.8, 4) is 5.75 Å². The number of carbonyl (C=O) groups excluding carboxylic acids is 1. The standard InChI is InChI=1S/C21H22N2O3/c1-25-19-10-5-9-18(15-19)22-21(24)23(16-20-11-6-14-26-20)13-12-17-7-3-2-4-8-17/h2-11,14-15H,12-13,16H2,1H3,(H,22,24). The molecule has 0 saturated carbocycles. The number of hydrogen-bond acceptors (Lipinski definition) is 3. The van der Waals surface area contributed by atoms with Crippen LogP contribution < -0.4 is 10.1 Å². The lowest BCUT2D eigenvalue weighted by Gasteiger charge is -2.22. The van der Waals surface area contributed by atoms with Gasteiger partial charge in [-0.15, -0.1) is 0 Å². The predicted molar refractivity (Wildman–Crippen MR) is 101 cm³/mol. The Hall–Kier alpha value is -3.21. The van der Waals surface area contributed by atoms with Crippen LogP contribution in [0.25, 0.3) is 0 Å². The molecule has 0 saturated heterocycles. The topological polar surface area (TPSA) is 54.7 Å². The molecular weight excluding hydrogens is 328 g/mol. The molecular formula is C21H22N2O3. The summed E-state index contributed by atoms with van der Waals surface area (Å²) in [5, 5.41) is 2.93. The lowest BCUT2D eigenvalue weighted by atomic mass is 10.1. The molecule has 1 N–H and O–H groups in total. The zero-order valence-corrected chi connectivity index (χ0v) is 14.7. The first-order valence-electron chi connectivity index (χ1n) is 8.51. The molecule has 3 aromatic rings. The third-order valence-electron chi connectivity index (χ3n) is 4.05. The Labute approximate surface area is 153 Å². The molecule has 0 fully saturated rings. The van der Waals surface area contributed by atoms with Crippen LogP contribution in [0.2, 0.25) is 0 Å². The van der Waals surface area contributed by atoms with Crippen LogP contribution in [0.4, 0.5) is 10.5 Å². The van der Waals surface area contributed by atoms with Gasteiger partial charge in [0.25, 0.3) is 0 Å². The minimum Gasteiger partial charge on any atom is -0.497 e. The van der Waals surface area contributed by atoms with Gasteiger partial charge in [0.2, 0.25) is 0 Å². The second-order valence-corrected chi connectivity index (χ2v) is 5.90. The monoisotopic (exact) mass is 350 g/mol. The van der Waals surface area contributed by atoms with E-state index in [2.05, 4.69) is 17.4 Å². The number of methoxy groups -OCH3 is 1. The summed E-state index contributed by atoms with van der Waals surface area (Å²) in [6.07, 6.45) is 2.39. The number of furan rings is 1. The van der Waals surface area contributed by atoms with Crippen molar-refractivity contribution >= 4 is 11.7 Å². The maximum absolute atomic E-state index is 12.8. The van der Waals surface area contributed by atoms with Gasteiger partial charge >= 0.3 is 6.03 Å². The highest BCUT2D eigenvalue weighted by Gasteiger charge is 2.16. The molecule has 0 spiro atoms. The van der Waals surface area contributed by atoms with Gasteiger partial charge in [0.15, 0.2) is 0 Å². The molecule has 2 amide bonds. The molecule has 2 aromatic carbocycles. The van der Waals surface area contributed by atoms with E-state index in [0.29, 0.717) is 24.5 Å². The number of amides is 2. The zero-order valence-electron chi connectivity index (χ0n) is 14.7. The predicted octanol–water partition coefficient (Wildman–Crippen LogP) is 4.57. The minimum atomic E-state index is -0.175. The molecule has 0 bridgehead atoms. The van der Waals surface area contributed by atoms with E-state index in [1.807, 2.05) is 48.5 Å². The number of ether oxygens (including phenoxy) is 1. The van der Waals surface area contributed by atoms with Crippen molar-refractivity contribution in [2.24, 2.45) is 0 Å². The Balaban J connectivity index is 1.69. The van der Waals surface area contributed by atoms with Gasteiger partial charge in [-0.3, -0.25) is 0 Å². The van der Waals surface area contributed by atoms with Crippen LogP contribution in [-0.2, 0) is 13.0 Å². The Morgan fingerprint density at radius 1 is 1.08 bits per heavy atom. The van der Waals surface area contributed by atoms with Crippen LogP contribution in [0.1, 0.15) is 11.3 Å². The smallest absolute Gasteiger partial charge is 0.322 e. The van der Waals surface area contributed by atoms with Crippen molar-refractivity contribution in [2.75, 3.05) is 19.0 Å². The summed E-state index contributed by atoms with van der Waals surface area (Å²) in [5.41, 5.74) is 1.88. The van der Waals surface area contributed by atoms with Crippen molar-refractivity contribution in [2.45, 2.75) is 13.0 Å². The molecule has 0 atom stereocenters. The van der Waals surface area contributed by atoms with E-state index in [4.69, 9.17) is 9.15 Å². The van der Waals surface area contributed by atoms with Crippen LogP contribution in [0, 0.1) is 0 Å². The lowest BCUT2D eigenvalue weighted by Crippen LogP contribution is -2.36. The molecule has 0 radical (unpaired) electrons. The second-order valence-electron chi connectivity index (χ2n) is 5.90. The summed E-state index contributed by atoms with van der Waals surface area (Å²) >= 11 is 0. The average Bonchev–Trinajstić information content (AvgIpc) is 3.19. The quantitative estimate of drug-likeness (QED) is 0.679. The largest absolute Gasteiger partial charge is 0.497 e. The molecule has 0 unspecified atom stereocenters. The molecule has 26 heavy (non-hydrogen) atoms. The maximum atomic E-state index is 12.8. The van der Waals surface area contributed by atoms with Crippen LogP contribution in [0.3, 0.4) is 0 Å². The third kappa shape index (κ3) is 4.89. The number of benzene rings is 2. The number of nitrogens with one attached hydrogen (secondary N) is 1. The van der Waals surface area contributed by atoms with Crippen LogP contribution in [-0.4, -0.2) is 24.6 Å². The fourth-order valence-corrected chi connectivity index (χ4v) is 2.66. The zero-order chi connectivity index (χ0) is 18.2. The van der Waals surface area contributed by atoms with Gasteiger partial charge < -0.3 is 19.4 Å². The van der Waals surface area contributed by atoms with Gasteiger partial charge in [-0.1, -0.05) is 36.4 Å².